The summed E-state index contributed by atoms with van der Waals surface area (Å²) < 4.78 is 1.19. The van der Waals surface area contributed by atoms with Crippen LogP contribution in [-0.4, -0.2) is 15.7 Å². The van der Waals surface area contributed by atoms with Gasteiger partial charge in [-0.3, -0.25) is 9.59 Å². The molecule has 4 rings (SSSR count). The van der Waals surface area contributed by atoms with Crippen molar-refractivity contribution >= 4 is 33.1 Å². The van der Waals surface area contributed by atoms with E-state index in [9.17, 15) is 9.59 Å². The van der Waals surface area contributed by atoms with Crippen LogP contribution in [0.2, 0.25) is 0 Å². The lowest BCUT2D eigenvalue weighted by Gasteiger charge is -2.11. The van der Waals surface area contributed by atoms with Gasteiger partial charge in [-0.05, 0) is 17.5 Å². The monoisotopic (exact) mass is 329 g/mol. The Balaban J connectivity index is 1.83. The summed E-state index contributed by atoms with van der Waals surface area (Å²) >= 11 is 0. The fourth-order valence-corrected chi connectivity index (χ4v) is 2.98. The van der Waals surface area contributed by atoms with Crippen LogP contribution in [0.15, 0.2) is 71.5 Å². The molecule has 0 aliphatic rings. The number of aryl methyl sites for hydroxylation is 1. The Morgan fingerprint density at radius 1 is 0.880 bits per heavy atom. The molecule has 0 bridgehead atoms. The third-order valence-electron chi connectivity index (χ3n) is 4.21. The Hall–Kier alpha value is -3.47. The fourth-order valence-electron chi connectivity index (χ4n) is 2.98. The first-order valence-electron chi connectivity index (χ1n) is 7.90. The van der Waals surface area contributed by atoms with E-state index in [1.165, 1.54) is 4.68 Å². The summed E-state index contributed by atoms with van der Waals surface area (Å²) in [7, 11) is 1.55. The van der Waals surface area contributed by atoms with Gasteiger partial charge in [-0.15, -0.1) is 0 Å². The number of rotatable bonds is 2. The first-order chi connectivity index (χ1) is 12.1. The SMILES string of the molecule is Cn1nc(C(=O)Nc2cccc3ccccc23)c2ccccc2c1=O. The number of carbonyl (C=O) groups excluding carboxylic acids is 1. The third-order valence-corrected chi connectivity index (χ3v) is 4.21. The van der Waals surface area contributed by atoms with E-state index in [-0.39, 0.29) is 17.2 Å². The predicted molar refractivity (Wildman–Crippen MR) is 98.9 cm³/mol. The summed E-state index contributed by atoms with van der Waals surface area (Å²) in [6, 6.07) is 20.6. The molecule has 5 nitrogen and oxygen atoms in total. The second-order valence-corrected chi connectivity index (χ2v) is 5.80. The van der Waals surface area contributed by atoms with Gasteiger partial charge in [-0.2, -0.15) is 5.10 Å². The molecule has 3 aromatic carbocycles. The molecule has 4 aromatic rings. The zero-order chi connectivity index (χ0) is 17.4. The highest BCUT2D eigenvalue weighted by atomic mass is 16.2. The van der Waals surface area contributed by atoms with Gasteiger partial charge < -0.3 is 5.32 Å². The number of anilines is 1. The van der Waals surface area contributed by atoms with Crippen molar-refractivity contribution in [1.29, 1.82) is 0 Å². The Bertz CT molecular complexity index is 1170. The zero-order valence-corrected chi connectivity index (χ0v) is 13.6. The maximum absolute atomic E-state index is 12.8. The first kappa shape index (κ1) is 15.1. The molecule has 0 unspecified atom stereocenters. The molecular weight excluding hydrogens is 314 g/mol. The number of hydrogen-bond acceptors (Lipinski definition) is 3. The highest BCUT2D eigenvalue weighted by Gasteiger charge is 2.16. The molecule has 25 heavy (non-hydrogen) atoms. The molecular formula is C20H15N3O2. The molecule has 1 heterocycles. The van der Waals surface area contributed by atoms with Crippen LogP contribution in [-0.2, 0) is 7.05 Å². The van der Waals surface area contributed by atoms with Crippen molar-refractivity contribution in [2.45, 2.75) is 0 Å². The molecule has 0 radical (unpaired) electrons. The fraction of sp³-hybridized carbons (Fsp3) is 0.0500. The quantitative estimate of drug-likeness (QED) is 0.613. The Morgan fingerprint density at radius 2 is 1.52 bits per heavy atom. The van der Waals surface area contributed by atoms with Crippen molar-refractivity contribution in [3.8, 4) is 0 Å². The van der Waals surface area contributed by atoms with E-state index in [1.807, 2.05) is 42.5 Å². The first-order valence-corrected chi connectivity index (χ1v) is 7.90. The van der Waals surface area contributed by atoms with Gasteiger partial charge in [0.25, 0.3) is 11.5 Å². The maximum Gasteiger partial charge on any atom is 0.276 e. The van der Waals surface area contributed by atoms with Crippen LogP contribution in [0.5, 0.6) is 0 Å². The highest BCUT2D eigenvalue weighted by molar-refractivity contribution is 6.13. The molecule has 5 heteroatoms. The van der Waals surface area contributed by atoms with Crippen molar-refractivity contribution in [1.82, 2.24) is 9.78 Å². The lowest BCUT2D eigenvalue weighted by atomic mass is 10.1. The van der Waals surface area contributed by atoms with Crippen LogP contribution < -0.4 is 10.9 Å². The van der Waals surface area contributed by atoms with Gasteiger partial charge in [0, 0.05) is 23.5 Å². The van der Waals surface area contributed by atoms with E-state index in [2.05, 4.69) is 10.4 Å². The van der Waals surface area contributed by atoms with Crippen LogP contribution in [0.1, 0.15) is 10.5 Å². The Labute approximate surface area is 143 Å². The van der Waals surface area contributed by atoms with Crippen LogP contribution in [0.3, 0.4) is 0 Å². The second kappa shape index (κ2) is 5.87. The number of nitrogens with one attached hydrogen (secondary N) is 1. The number of nitrogens with zero attached hydrogens (tertiary/aromatic N) is 2. The average molecular weight is 329 g/mol. The number of hydrogen-bond donors (Lipinski definition) is 1. The normalized spacial score (nSPS) is 10.9. The molecule has 122 valence electrons. The summed E-state index contributed by atoms with van der Waals surface area (Å²) in [6.45, 7) is 0. The largest absolute Gasteiger partial charge is 0.320 e. The number of carbonyl (C=O) groups is 1. The van der Waals surface area contributed by atoms with E-state index in [0.29, 0.717) is 16.5 Å². The minimum atomic E-state index is -0.344. The number of benzene rings is 3. The van der Waals surface area contributed by atoms with Crippen LogP contribution >= 0.6 is 0 Å². The molecule has 0 spiro atoms. The van der Waals surface area contributed by atoms with Gasteiger partial charge in [-0.25, -0.2) is 4.68 Å². The van der Waals surface area contributed by atoms with E-state index >= 15 is 0 Å². The van der Waals surface area contributed by atoms with Crippen LogP contribution in [0.25, 0.3) is 21.5 Å². The average Bonchev–Trinajstić information content (AvgIpc) is 2.65. The second-order valence-electron chi connectivity index (χ2n) is 5.80. The standard InChI is InChI=1S/C20H15N3O2/c1-23-20(25)16-11-5-4-10-15(16)18(22-23)19(24)21-17-12-6-8-13-7-2-3-9-14(13)17/h2-12H,1H3,(H,21,24). The van der Waals surface area contributed by atoms with Crippen molar-refractivity contribution in [3.05, 3.63) is 82.8 Å². The van der Waals surface area contributed by atoms with Gasteiger partial charge in [-0.1, -0.05) is 54.6 Å². The molecule has 0 aliphatic heterocycles. The molecule has 0 saturated carbocycles. The predicted octanol–water partition coefficient (Wildman–Crippen LogP) is 3.34. The smallest absolute Gasteiger partial charge is 0.276 e. The summed E-state index contributed by atoms with van der Waals surface area (Å²) in [6.07, 6.45) is 0. The van der Waals surface area contributed by atoms with Gasteiger partial charge in [0.15, 0.2) is 5.69 Å². The molecule has 0 saturated heterocycles. The van der Waals surface area contributed by atoms with Crippen molar-refractivity contribution < 1.29 is 4.79 Å². The van der Waals surface area contributed by atoms with E-state index in [1.54, 1.807) is 31.3 Å². The summed E-state index contributed by atoms with van der Waals surface area (Å²) in [5.41, 5.74) is 0.714. The van der Waals surface area contributed by atoms with Gasteiger partial charge in [0.2, 0.25) is 0 Å². The topological polar surface area (TPSA) is 64.0 Å². The summed E-state index contributed by atoms with van der Waals surface area (Å²) in [4.78, 5) is 25.1. The lowest BCUT2D eigenvalue weighted by Crippen LogP contribution is -2.25. The summed E-state index contributed by atoms with van der Waals surface area (Å²) in [5, 5.41) is 10.1. The van der Waals surface area contributed by atoms with E-state index < -0.39 is 0 Å². The van der Waals surface area contributed by atoms with Crippen molar-refractivity contribution in [2.24, 2.45) is 7.05 Å². The van der Waals surface area contributed by atoms with Gasteiger partial charge >= 0.3 is 0 Å². The lowest BCUT2D eigenvalue weighted by molar-refractivity contribution is 0.102. The Kier molecular flexibility index (Phi) is 3.54. The number of amides is 1. The van der Waals surface area contributed by atoms with Gasteiger partial charge in [0.1, 0.15) is 0 Å². The van der Waals surface area contributed by atoms with Crippen molar-refractivity contribution in [3.63, 3.8) is 0 Å². The molecule has 1 aromatic heterocycles. The minimum absolute atomic E-state index is 0.225. The molecule has 0 atom stereocenters. The van der Waals surface area contributed by atoms with E-state index in [0.717, 1.165) is 10.8 Å². The van der Waals surface area contributed by atoms with Crippen LogP contribution in [0, 0.1) is 0 Å². The molecule has 1 amide bonds. The molecule has 0 fully saturated rings. The number of aromatic nitrogens is 2. The summed E-state index contributed by atoms with van der Waals surface area (Å²) in [5.74, 6) is -0.344. The third kappa shape index (κ3) is 2.55. The number of fused-ring (bicyclic) bond motifs is 2. The minimum Gasteiger partial charge on any atom is -0.320 e. The molecule has 1 N–H and O–H groups in total. The van der Waals surface area contributed by atoms with E-state index in [4.69, 9.17) is 0 Å². The maximum atomic E-state index is 12.8. The van der Waals surface area contributed by atoms with Crippen molar-refractivity contribution in [2.75, 3.05) is 5.32 Å². The van der Waals surface area contributed by atoms with Gasteiger partial charge in [0.05, 0.1) is 5.39 Å². The highest BCUT2D eigenvalue weighted by Crippen LogP contribution is 2.24. The molecule has 0 aliphatic carbocycles. The van der Waals surface area contributed by atoms with Crippen LogP contribution in [0.4, 0.5) is 5.69 Å². The Morgan fingerprint density at radius 3 is 2.32 bits per heavy atom. The zero-order valence-electron chi connectivity index (χ0n) is 13.6.